The van der Waals surface area contributed by atoms with Crippen LogP contribution in [0.4, 0.5) is 11.5 Å². The molecule has 4 nitrogen and oxygen atoms in total. The molecule has 0 aliphatic carbocycles. The van der Waals surface area contributed by atoms with E-state index in [9.17, 15) is 0 Å². The highest BCUT2D eigenvalue weighted by molar-refractivity contribution is 5.65. The van der Waals surface area contributed by atoms with E-state index in [4.69, 9.17) is 11.5 Å². The third kappa shape index (κ3) is 2.84. The van der Waals surface area contributed by atoms with E-state index in [1.165, 1.54) is 5.56 Å². The molecule has 4 heteroatoms. The topological polar surface area (TPSA) is 77.8 Å². The molecule has 104 valence electrons. The van der Waals surface area contributed by atoms with Crippen molar-refractivity contribution in [2.24, 2.45) is 0 Å². The fraction of sp³-hybridized carbons (Fsp3) is 0.0588. The maximum absolute atomic E-state index is 5.98. The Morgan fingerprint density at radius 2 is 1.76 bits per heavy atom. The molecular weight excluding hydrogens is 260 g/mol. The van der Waals surface area contributed by atoms with Gasteiger partial charge in [0.1, 0.15) is 5.82 Å². The second-order valence-corrected chi connectivity index (χ2v) is 4.89. The number of anilines is 2. The van der Waals surface area contributed by atoms with E-state index >= 15 is 0 Å². The number of hydrogen-bond acceptors (Lipinski definition) is 4. The van der Waals surface area contributed by atoms with Crippen molar-refractivity contribution in [2.45, 2.75) is 6.42 Å². The van der Waals surface area contributed by atoms with Gasteiger partial charge < -0.3 is 11.5 Å². The maximum atomic E-state index is 5.98. The Hall–Kier alpha value is -2.88. The maximum Gasteiger partial charge on any atom is 0.146 e. The summed E-state index contributed by atoms with van der Waals surface area (Å²) in [5, 5.41) is 0. The highest BCUT2D eigenvalue weighted by Gasteiger charge is 2.06. The van der Waals surface area contributed by atoms with Gasteiger partial charge in [-0.05, 0) is 40.8 Å². The smallest absolute Gasteiger partial charge is 0.146 e. The van der Waals surface area contributed by atoms with Crippen LogP contribution in [0.1, 0.15) is 11.1 Å². The van der Waals surface area contributed by atoms with Crippen LogP contribution in [0.25, 0.3) is 11.1 Å². The number of rotatable bonds is 3. The van der Waals surface area contributed by atoms with E-state index in [0.29, 0.717) is 11.5 Å². The molecule has 0 aliphatic rings. The van der Waals surface area contributed by atoms with E-state index in [0.717, 1.165) is 23.1 Å². The zero-order chi connectivity index (χ0) is 14.7. The molecule has 21 heavy (non-hydrogen) atoms. The summed E-state index contributed by atoms with van der Waals surface area (Å²) in [6, 6.07) is 14.2. The van der Waals surface area contributed by atoms with Gasteiger partial charge in [0.25, 0.3) is 0 Å². The number of aromatic nitrogens is 2. The number of pyridine rings is 2. The normalized spacial score (nSPS) is 10.5. The summed E-state index contributed by atoms with van der Waals surface area (Å²) in [6.07, 6.45) is 6.05. The molecule has 2 aromatic heterocycles. The second kappa shape index (κ2) is 5.63. The van der Waals surface area contributed by atoms with Gasteiger partial charge in [-0.25, -0.2) is 4.98 Å². The summed E-state index contributed by atoms with van der Waals surface area (Å²) >= 11 is 0. The SMILES string of the molecule is Nc1nccc(Cc2cccc(-c3cccnc3)c2)c1N. The van der Waals surface area contributed by atoms with E-state index in [1.807, 2.05) is 30.5 Å². The number of nitrogen functional groups attached to an aromatic ring is 2. The molecule has 3 rings (SSSR count). The molecule has 0 radical (unpaired) electrons. The van der Waals surface area contributed by atoms with Crippen LogP contribution in [0.2, 0.25) is 0 Å². The van der Waals surface area contributed by atoms with E-state index < -0.39 is 0 Å². The monoisotopic (exact) mass is 276 g/mol. The molecule has 1 aromatic carbocycles. The van der Waals surface area contributed by atoms with E-state index in [-0.39, 0.29) is 0 Å². The van der Waals surface area contributed by atoms with Crippen LogP contribution in [0.5, 0.6) is 0 Å². The Balaban J connectivity index is 1.92. The van der Waals surface area contributed by atoms with Crippen molar-refractivity contribution in [3.05, 3.63) is 72.2 Å². The van der Waals surface area contributed by atoms with Crippen LogP contribution in [-0.4, -0.2) is 9.97 Å². The van der Waals surface area contributed by atoms with Gasteiger partial charge in [0.05, 0.1) is 5.69 Å². The molecule has 0 unspecified atom stereocenters. The van der Waals surface area contributed by atoms with Gasteiger partial charge in [-0.2, -0.15) is 0 Å². The average molecular weight is 276 g/mol. The minimum atomic E-state index is 0.385. The molecule has 4 N–H and O–H groups in total. The van der Waals surface area contributed by atoms with Crippen LogP contribution in [0.15, 0.2) is 61.1 Å². The fourth-order valence-electron chi connectivity index (χ4n) is 2.30. The average Bonchev–Trinajstić information content (AvgIpc) is 2.53. The van der Waals surface area contributed by atoms with Crippen molar-refractivity contribution in [1.29, 1.82) is 0 Å². The number of nitrogens with two attached hydrogens (primary N) is 2. The number of benzene rings is 1. The predicted molar refractivity (Wildman–Crippen MR) is 85.5 cm³/mol. The van der Waals surface area contributed by atoms with Crippen LogP contribution < -0.4 is 11.5 Å². The quantitative estimate of drug-likeness (QED) is 0.771. The first-order valence-electron chi connectivity index (χ1n) is 6.72. The zero-order valence-electron chi connectivity index (χ0n) is 11.5. The van der Waals surface area contributed by atoms with Crippen LogP contribution in [-0.2, 0) is 6.42 Å². The van der Waals surface area contributed by atoms with Crippen molar-refractivity contribution < 1.29 is 0 Å². The lowest BCUT2D eigenvalue weighted by Gasteiger charge is -2.09. The molecule has 0 spiro atoms. The summed E-state index contributed by atoms with van der Waals surface area (Å²) in [5.74, 6) is 0.385. The molecule has 0 aliphatic heterocycles. The molecule has 0 atom stereocenters. The Kier molecular flexibility index (Phi) is 3.51. The highest BCUT2D eigenvalue weighted by Crippen LogP contribution is 2.23. The van der Waals surface area contributed by atoms with Gasteiger partial charge in [0.2, 0.25) is 0 Å². The summed E-state index contributed by atoms with van der Waals surface area (Å²) in [6.45, 7) is 0. The van der Waals surface area contributed by atoms with Gasteiger partial charge in [-0.15, -0.1) is 0 Å². The van der Waals surface area contributed by atoms with Crippen molar-refractivity contribution in [1.82, 2.24) is 9.97 Å². The lowest BCUT2D eigenvalue weighted by Crippen LogP contribution is -2.02. The number of nitrogens with zero attached hydrogens (tertiary/aromatic N) is 2. The molecule has 0 bridgehead atoms. The van der Waals surface area contributed by atoms with Gasteiger partial charge in [0.15, 0.2) is 0 Å². The lowest BCUT2D eigenvalue weighted by molar-refractivity contribution is 1.17. The number of hydrogen-bond donors (Lipinski definition) is 2. The predicted octanol–water partition coefficient (Wildman–Crippen LogP) is 2.90. The minimum absolute atomic E-state index is 0.385. The van der Waals surface area contributed by atoms with Crippen molar-refractivity contribution in [3.8, 4) is 11.1 Å². The third-order valence-corrected chi connectivity index (χ3v) is 3.43. The Bertz CT molecular complexity index is 754. The van der Waals surface area contributed by atoms with Crippen molar-refractivity contribution in [3.63, 3.8) is 0 Å². The molecular formula is C17H16N4. The summed E-state index contributed by atoms with van der Waals surface area (Å²) in [7, 11) is 0. The summed E-state index contributed by atoms with van der Waals surface area (Å²) in [4.78, 5) is 8.15. The molecule has 0 saturated carbocycles. The first-order valence-corrected chi connectivity index (χ1v) is 6.72. The van der Waals surface area contributed by atoms with Gasteiger partial charge >= 0.3 is 0 Å². The standard InChI is InChI=1S/C17H16N4/c18-16-14(6-8-21-17(16)19)10-12-3-1-4-13(9-12)15-5-2-7-20-11-15/h1-9,11H,10,18H2,(H2,19,21). The molecule has 3 aromatic rings. The Labute approximate surface area is 123 Å². The van der Waals surface area contributed by atoms with Crippen molar-refractivity contribution >= 4 is 11.5 Å². The second-order valence-electron chi connectivity index (χ2n) is 4.89. The molecule has 2 heterocycles. The Morgan fingerprint density at radius 1 is 0.905 bits per heavy atom. The lowest BCUT2D eigenvalue weighted by atomic mass is 10.00. The molecule has 0 saturated heterocycles. The third-order valence-electron chi connectivity index (χ3n) is 3.43. The molecule has 0 fully saturated rings. The largest absolute Gasteiger partial charge is 0.396 e. The van der Waals surface area contributed by atoms with E-state index in [2.05, 4.69) is 28.2 Å². The van der Waals surface area contributed by atoms with E-state index in [1.54, 1.807) is 12.4 Å². The van der Waals surface area contributed by atoms with Crippen LogP contribution in [0, 0.1) is 0 Å². The highest BCUT2D eigenvalue weighted by atomic mass is 14.9. The van der Waals surface area contributed by atoms with Gasteiger partial charge in [-0.3, -0.25) is 4.98 Å². The van der Waals surface area contributed by atoms with Crippen molar-refractivity contribution in [2.75, 3.05) is 11.5 Å². The summed E-state index contributed by atoms with van der Waals surface area (Å²) in [5.41, 5.74) is 16.7. The van der Waals surface area contributed by atoms with Crippen LogP contribution in [0.3, 0.4) is 0 Å². The fourth-order valence-corrected chi connectivity index (χ4v) is 2.30. The first kappa shape index (κ1) is 13.1. The molecule has 0 amide bonds. The minimum Gasteiger partial charge on any atom is -0.396 e. The van der Waals surface area contributed by atoms with Gasteiger partial charge in [-0.1, -0.05) is 30.3 Å². The van der Waals surface area contributed by atoms with Crippen LogP contribution >= 0.6 is 0 Å². The summed E-state index contributed by atoms with van der Waals surface area (Å²) < 4.78 is 0. The zero-order valence-corrected chi connectivity index (χ0v) is 11.5. The Morgan fingerprint density at radius 3 is 2.57 bits per heavy atom. The first-order chi connectivity index (χ1) is 10.2. The van der Waals surface area contributed by atoms with Gasteiger partial charge in [0, 0.05) is 18.6 Å².